The second-order valence-corrected chi connectivity index (χ2v) is 5.07. The van der Waals surface area contributed by atoms with Crippen LogP contribution < -0.4 is 5.73 Å². The lowest BCUT2D eigenvalue weighted by Gasteiger charge is -2.18. The van der Waals surface area contributed by atoms with Crippen LogP contribution >= 0.6 is 0 Å². The number of aryl methyl sites for hydroxylation is 1. The van der Waals surface area contributed by atoms with Gasteiger partial charge in [0.2, 0.25) is 0 Å². The van der Waals surface area contributed by atoms with Crippen LogP contribution in [0, 0.1) is 20.8 Å². The zero-order chi connectivity index (χ0) is 15.3. The molecule has 0 aromatic heterocycles. The van der Waals surface area contributed by atoms with Crippen LogP contribution in [0.5, 0.6) is 0 Å². The number of carbonyl (C=O) groups excluding carboxylic acids is 1. The Bertz CT molecular complexity index is 480. The Kier molecular flexibility index (Phi) is 6.02. The van der Waals surface area contributed by atoms with E-state index in [-0.39, 0.29) is 5.97 Å². The van der Waals surface area contributed by atoms with E-state index in [1.54, 1.807) is 0 Å². The molecule has 0 bridgehead atoms. The quantitative estimate of drug-likeness (QED) is 0.642. The predicted octanol–water partition coefficient (Wildman–Crippen LogP) is 2.69. The molecule has 0 saturated carbocycles. The van der Waals surface area contributed by atoms with E-state index in [1.165, 1.54) is 0 Å². The van der Waals surface area contributed by atoms with Crippen LogP contribution in [-0.2, 0) is 4.74 Å². The highest BCUT2D eigenvalue weighted by molar-refractivity contribution is 5.92. The minimum atomic E-state index is -0.263. The molecule has 2 N–H and O–H groups in total. The lowest BCUT2D eigenvalue weighted by Crippen LogP contribution is -2.28. The fraction of sp³-hybridized carbons (Fsp3) is 0.562. The van der Waals surface area contributed by atoms with Gasteiger partial charge in [0.25, 0.3) is 0 Å². The fourth-order valence-corrected chi connectivity index (χ4v) is 2.20. The molecule has 0 heterocycles. The molecule has 0 saturated heterocycles. The van der Waals surface area contributed by atoms with Crippen molar-refractivity contribution in [2.45, 2.75) is 34.6 Å². The Hall–Kier alpha value is -1.55. The van der Waals surface area contributed by atoms with Gasteiger partial charge in [-0.3, -0.25) is 0 Å². The van der Waals surface area contributed by atoms with Crippen LogP contribution in [0.3, 0.4) is 0 Å². The third-order valence-corrected chi connectivity index (χ3v) is 3.91. The summed E-state index contributed by atoms with van der Waals surface area (Å²) in [6, 6.07) is 1.82. The number of nitrogen functional groups attached to an aromatic ring is 1. The number of benzene rings is 1. The smallest absolute Gasteiger partial charge is 0.338 e. The number of ether oxygens (including phenoxy) is 1. The summed E-state index contributed by atoms with van der Waals surface area (Å²) < 4.78 is 5.37. The van der Waals surface area contributed by atoms with Crippen LogP contribution in [0.25, 0.3) is 0 Å². The number of carbonyl (C=O) groups is 1. The highest BCUT2D eigenvalue weighted by Gasteiger charge is 2.15. The first-order valence-electron chi connectivity index (χ1n) is 7.18. The molecule has 0 spiro atoms. The van der Waals surface area contributed by atoms with Crippen LogP contribution in [0.1, 0.15) is 40.9 Å². The molecule has 4 heteroatoms. The first-order chi connectivity index (χ1) is 9.42. The van der Waals surface area contributed by atoms with Gasteiger partial charge in [0.1, 0.15) is 6.61 Å². The number of anilines is 1. The molecule has 1 aromatic rings. The van der Waals surface area contributed by atoms with E-state index in [2.05, 4.69) is 18.7 Å². The molecular formula is C16H26N2O2. The van der Waals surface area contributed by atoms with Crippen molar-refractivity contribution in [1.29, 1.82) is 0 Å². The maximum atomic E-state index is 12.2. The maximum absolute atomic E-state index is 12.2. The van der Waals surface area contributed by atoms with E-state index in [1.807, 2.05) is 26.8 Å². The van der Waals surface area contributed by atoms with Gasteiger partial charge in [-0.05, 0) is 56.6 Å². The molecule has 0 aliphatic heterocycles. The van der Waals surface area contributed by atoms with Gasteiger partial charge < -0.3 is 15.4 Å². The zero-order valence-electron chi connectivity index (χ0n) is 13.2. The predicted molar refractivity (Wildman–Crippen MR) is 83.1 cm³/mol. The minimum absolute atomic E-state index is 0.263. The normalized spacial score (nSPS) is 10.9. The molecule has 1 rings (SSSR count). The van der Waals surface area contributed by atoms with Gasteiger partial charge in [-0.25, -0.2) is 4.79 Å². The molecule has 0 unspecified atom stereocenters. The first-order valence-corrected chi connectivity index (χ1v) is 7.18. The standard InChI is InChI=1S/C16H26N2O2/c1-6-18(7-2)8-9-20-16(19)14-10-11(3)15(17)13(5)12(14)4/h10H,6-9,17H2,1-5H3. The fourth-order valence-electron chi connectivity index (χ4n) is 2.20. The maximum Gasteiger partial charge on any atom is 0.338 e. The van der Waals surface area contributed by atoms with Crippen molar-refractivity contribution < 1.29 is 9.53 Å². The van der Waals surface area contributed by atoms with Crippen molar-refractivity contribution in [3.63, 3.8) is 0 Å². The Morgan fingerprint density at radius 3 is 2.35 bits per heavy atom. The van der Waals surface area contributed by atoms with Crippen molar-refractivity contribution in [3.8, 4) is 0 Å². The van der Waals surface area contributed by atoms with Crippen molar-refractivity contribution in [2.75, 3.05) is 32.0 Å². The van der Waals surface area contributed by atoms with Gasteiger partial charge in [-0.1, -0.05) is 13.8 Å². The molecule has 112 valence electrons. The average Bonchev–Trinajstić information content (AvgIpc) is 2.45. The minimum Gasteiger partial charge on any atom is -0.461 e. The number of nitrogens with two attached hydrogens (primary N) is 1. The largest absolute Gasteiger partial charge is 0.461 e. The van der Waals surface area contributed by atoms with E-state index in [0.717, 1.165) is 42.0 Å². The second-order valence-electron chi connectivity index (χ2n) is 5.07. The SMILES string of the molecule is CCN(CC)CCOC(=O)c1cc(C)c(N)c(C)c1C. The number of hydrogen-bond acceptors (Lipinski definition) is 4. The molecule has 20 heavy (non-hydrogen) atoms. The van der Waals surface area contributed by atoms with E-state index in [9.17, 15) is 4.79 Å². The number of rotatable bonds is 6. The summed E-state index contributed by atoms with van der Waals surface area (Å²) in [5.74, 6) is -0.263. The zero-order valence-corrected chi connectivity index (χ0v) is 13.2. The van der Waals surface area contributed by atoms with Crippen LogP contribution in [0.15, 0.2) is 6.07 Å². The number of esters is 1. The highest BCUT2D eigenvalue weighted by Crippen LogP contribution is 2.24. The van der Waals surface area contributed by atoms with E-state index in [4.69, 9.17) is 10.5 Å². The Morgan fingerprint density at radius 1 is 1.20 bits per heavy atom. The molecule has 0 radical (unpaired) electrons. The number of likely N-dealkylation sites (N-methyl/N-ethyl adjacent to an activating group) is 1. The average molecular weight is 278 g/mol. The van der Waals surface area contributed by atoms with Gasteiger partial charge in [-0.15, -0.1) is 0 Å². The molecule has 0 aliphatic rings. The summed E-state index contributed by atoms with van der Waals surface area (Å²) in [6.45, 7) is 13.1. The van der Waals surface area contributed by atoms with Crippen LogP contribution in [0.4, 0.5) is 5.69 Å². The lowest BCUT2D eigenvalue weighted by molar-refractivity contribution is 0.0465. The monoisotopic (exact) mass is 278 g/mol. The topological polar surface area (TPSA) is 55.6 Å². The van der Waals surface area contributed by atoms with Crippen LogP contribution in [0.2, 0.25) is 0 Å². The molecule has 1 aromatic carbocycles. The Balaban J connectivity index is 2.74. The van der Waals surface area contributed by atoms with E-state index in [0.29, 0.717) is 12.2 Å². The molecule has 0 amide bonds. The third kappa shape index (κ3) is 3.73. The highest BCUT2D eigenvalue weighted by atomic mass is 16.5. The molecular weight excluding hydrogens is 252 g/mol. The van der Waals surface area contributed by atoms with Crippen molar-refractivity contribution in [3.05, 3.63) is 28.3 Å². The van der Waals surface area contributed by atoms with Crippen molar-refractivity contribution in [2.24, 2.45) is 0 Å². The summed E-state index contributed by atoms with van der Waals surface area (Å²) in [5.41, 5.74) is 10.1. The van der Waals surface area contributed by atoms with Gasteiger partial charge in [0.15, 0.2) is 0 Å². The number of hydrogen-bond donors (Lipinski definition) is 1. The van der Waals surface area contributed by atoms with Crippen LogP contribution in [-0.4, -0.2) is 37.1 Å². The van der Waals surface area contributed by atoms with E-state index < -0.39 is 0 Å². The summed E-state index contributed by atoms with van der Waals surface area (Å²) in [4.78, 5) is 14.4. The molecule has 0 aliphatic carbocycles. The molecule has 0 atom stereocenters. The van der Waals surface area contributed by atoms with Crippen molar-refractivity contribution in [1.82, 2.24) is 4.90 Å². The Labute approximate surface area is 121 Å². The van der Waals surface area contributed by atoms with Crippen molar-refractivity contribution >= 4 is 11.7 Å². The van der Waals surface area contributed by atoms with Gasteiger partial charge in [0, 0.05) is 12.2 Å². The molecule has 4 nitrogen and oxygen atoms in total. The molecule has 0 fully saturated rings. The van der Waals surface area contributed by atoms with Gasteiger partial charge in [0.05, 0.1) is 5.56 Å². The lowest BCUT2D eigenvalue weighted by atomic mass is 9.98. The van der Waals surface area contributed by atoms with Gasteiger partial charge in [-0.2, -0.15) is 0 Å². The second kappa shape index (κ2) is 7.29. The summed E-state index contributed by atoms with van der Waals surface area (Å²) in [6.07, 6.45) is 0. The van der Waals surface area contributed by atoms with E-state index >= 15 is 0 Å². The Morgan fingerprint density at radius 2 is 1.80 bits per heavy atom. The third-order valence-electron chi connectivity index (χ3n) is 3.91. The summed E-state index contributed by atoms with van der Waals surface area (Å²) >= 11 is 0. The summed E-state index contributed by atoms with van der Waals surface area (Å²) in [7, 11) is 0. The van der Waals surface area contributed by atoms with Gasteiger partial charge >= 0.3 is 5.97 Å². The number of nitrogens with zero attached hydrogens (tertiary/aromatic N) is 1. The summed E-state index contributed by atoms with van der Waals surface area (Å²) in [5, 5.41) is 0. The first kappa shape index (κ1) is 16.5.